The van der Waals surface area contributed by atoms with Crippen molar-refractivity contribution in [2.45, 2.75) is 39.3 Å². The average Bonchev–Trinajstić information content (AvgIpc) is 3.04. The minimum atomic E-state index is -0.263. The molecule has 0 radical (unpaired) electrons. The molecule has 26 heavy (non-hydrogen) atoms. The number of guanidine groups is 1. The second kappa shape index (κ2) is 10.8. The number of ether oxygens (including phenoxy) is 1. The normalized spacial score (nSPS) is 14.8. The van der Waals surface area contributed by atoms with Crippen molar-refractivity contribution >= 4 is 11.9 Å². The maximum Gasteiger partial charge on any atom is 0.222 e. The first-order chi connectivity index (χ1) is 12.6. The van der Waals surface area contributed by atoms with Crippen molar-refractivity contribution in [2.24, 2.45) is 4.99 Å². The van der Waals surface area contributed by atoms with Crippen LogP contribution in [0.15, 0.2) is 23.2 Å². The summed E-state index contributed by atoms with van der Waals surface area (Å²) >= 11 is 0. The molecule has 1 amide bonds. The topological polar surface area (TPSA) is 66.0 Å². The van der Waals surface area contributed by atoms with E-state index in [2.05, 4.69) is 15.6 Å². The lowest BCUT2D eigenvalue weighted by Crippen LogP contribution is -2.39. The van der Waals surface area contributed by atoms with Crippen LogP contribution in [0.3, 0.4) is 0 Å². The summed E-state index contributed by atoms with van der Waals surface area (Å²) < 4.78 is 18.7. The van der Waals surface area contributed by atoms with Crippen LogP contribution in [0, 0.1) is 5.82 Å². The number of benzene rings is 1. The number of nitrogens with one attached hydrogen (secondary N) is 2. The molecule has 1 saturated heterocycles. The fraction of sp³-hybridized carbons (Fsp3) is 0.579. The quantitative estimate of drug-likeness (QED) is 0.400. The van der Waals surface area contributed by atoms with Crippen molar-refractivity contribution < 1.29 is 13.9 Å². The molecule has 0 atom stereocenters. The number of nitrogens with zero attached hydrogens (tertiary/aromatic N) is 2. The molecule has 0 saturated carbocycles. The number of hydrogen-bond acceptors (Lipinski definition) is 3. The highest BCUT2D eigenvalue weighted by Crippen LogP contribution is 2.12. The Labute approximate surface area is 154 Å². The molecule has 1 fully saturated rings. The molecule has 1 aliphatic rings. The van der Waals surface area contributed by atoms with Crippen LogP contribution in [0.1, 0.15) is 37.3 Å². The Balaban J connectivity index is 1.83. The van der Waals surface area contributed by atoms with E-state index in [4.69, 9.17) is 4.74 Å². The minimum absolute atomic E-state index is 0.247. The van der Waals surface area contributed by atoms with Gasteiger partial charge in [0.1, 0.15) is 5.82 Å². The van der Waals surface area contributed by atoms with Gasteiger partial charge in [-0.2, -0.15) is 0 Å². The molecule has 0 bridgehead atoms. The first-order valence-electron chi connectivity index (χ1n) is 9.20. The Morgan fingerprint density at radius 2 is 2.23 bits per heavy atom. The Morgan fingerprint density at radius 3 is 2.92 bits per heavy atom. The lowest BCUT2D eigenvalue weighted by Gasteiger charge is -2.16. The Bertz CT molecular complexity index is 622. The number of carbonyl (C=O) groups excluding carboxylic acids is 1. The van der Waals surface area contributed by atoms with Gasteiger partial charge in [0.05, 0.1) is 13.2 Å². The zero-order valence-electron chi connectivity index (χ0n) is 15.7. The monoisotopic (exact) mass is 364 g/mol. The second-order valence-electron chi connectivity index (χ2n) is 6.32. The first-order valence-corrected chi connectivity index (χ1v) is 9.20. The molecule has 7 heteroatoms. The van der Waals surface area contributed by atoms with Gasteiger partial charge in [-0.05, 0) is 37.5 Å². The third-order valence-corrected chi connectivity index (χ3v) is 4.24. The number of amides is 1. The predicted octanol–water partition coefficient (Wildman–Crippen LogP) is 2.04. The summed E-state index contributed by atoms with van der Waals surface area (Å²) in [6.45, 7) is 5.87. The molecular formula is C19H29FN4O2. The Hall–Kier alpha value is -2.15. The fourth-order valence-electron chi connectivity index (χ4n) is 2.92. The molecule has 2 N–H and O–H groups in total. The molecule has 0 unspecified atom stereocenters. The van der Waals surface area contributed by atoms with Crippen LogP contribution in [0.4, 0.5) is 4.39 Å². The van der Waals surface area contributed by atoms with Gasteiger partial charge in [-0.15, -0.1) is 0 Å². The van der Waals surface area contributed by atoms with E-state index in [9.17, 15) is 9.18 Å². The third-order valence-electron chi connectivity index (χ3n) is 4.24. The molecular weight excluding hydrogens is 335 g/mol. The first kappa shape index (κ1) is 20.2. The molecule has 1 aliphatic heterocycles. The number of halogens is 1. The lowest BCUT2D eigenvalue weighted by atomic mass is 10.1. The van der Waals surface area contributed by atoms with Crippen LogP contribution >= 0.6 is 0 Å². The fourth-order valence-corrected chi connectivity index (χ4v) is 2.92. The predicted molar refractivity (Wildman–Crippen MR) is 100 cm³/mol. The Morgan fingerprint density at radius 1 is 1.38 bits per heavy atom. The molecule has 1 aromatic rings. The van der Waals surface area contributed by atoms with Gasteiger partial charge in [0.2, 0.25) is 5.91 Å². The number of carbonyl (C=O) groups is 1. The Kier molecular flexibility index (Phi) is 8.34. The smallest absolute Gasteiger partial charge is 0.222 e. The van der Waals surface area contributed by atoms with E-state index in [-0.39, 0.29) is 18.3 Å². The van der Waals surface area contributed by atoms with Crippen molar-refractivity contribution in [1.29, 1.82) is 0 Å². The average molecular weight is 364 g/mol. The molecule has 0 aromatic heterocycles. The molecule has 0 aliphatic carbocycles. The maximum atomic E-state index is 13.7. The largest absolute Gasteiger partial charge is 0.380 e. The molecule has 144 valence electrons. The molecule has 6 nitrogen and oxygen atoms in total. The van der Waals surface area contributed by atoms with Gasteiger partial charge >= 0.3 is 0 Å². The number of methoxy groups -OCH3 is 1. The molecule has 1 heterocycles. The third kappa shape index (κ3) is 6.29. The van der Waals surface area contributed by atoms with Crippen LogP contribution in [0.2, 0.25) is 0 Å². The molecule has 2 rings (SSSR count). The van der Waals surface area contributed by atoms with E-state index < -0.39 is 0 Å². The van der Waals surface area contributed by atoms with E-state index in [1.54, 1.807) is 19.2 Å². The van der Waals surface area contributed by atoms with Gasteiger partial charge in [-0.25, -0.2) is 9.38 Å². The summed E-state index contributed by atoms with van der Waals surface area (Å²) in [6.07, 6.45) is 2.53. The highest BCUT2D eigenvalue weighted by atomic mass is 19.1. The van der Waals surface area contributed by atoms with Gasteiger partial charge < -0.3 is 20.3 Å². The SMILES string of the molecule is CCNC(=NCc1ccc(F)c(COC)c1)NCCCN1CCCC1=O. The highest BCUT2D eigenvalue weighted by molar-refractivity contribution is 5.79. The lowest BCUT2D eigenvalue weighted by molar-refractivity contribution is -0.127. The summed E-state index contributed by atoms with van der Waals surface area (Å²) in [5, 5.41) is 6.48. The standard InChI is InChI=1S/C19H29FN4O2/c1-3-21-19(22-9-5-11-24-10-4-6-18(24)25)23-13-15-7-8-17(20)16(12-15)14-26-2/h7-8,12H,3-6,9-11,13-14H2,1-2H3,(H2,21,22,23). The summed E-state index contributed by atoms with van der Waals surface area (Å²) in [5.41, 5.74) is 1.46. The summed E-state index contributed by atoms with van der Waals surface area (Å²) in [7, 11) is 1.55. The number of aliphatic imine (C=N–C) groups is 1. The van der Waals surface area contributed by atoms with Crippen LogP contribution in [-0.2, 0) is 22.7 Å². The van der Waals surface area contributed by atoms with Gasteiger partial charge in [0.15, 0.2) is 5.96 Å². The maximum absolute atomic E-state index is 13.7. The van der Waals surface area contributed by atoms with E-state index in [0.717, 1.165) is 50.5 Å². The number of likely N-dealkylation sites (tertiary alicyclic amines) is 1. The van der Waals surface area contributed by atoms with Crippen molar-refractivity contribution in [3.05, 3.63) is 35.1 Å². The van der Waals surface area contributed by atoms with Crippen molar-refractivity contribution in [3.8, 4) is 0 Å². The number of hydrogen-bond donors (Lipinski definition) is 2. The van der Waals surface area contributed by atoms with E-state index in [0.29, 0.717) is 18.5 Å². The summed E-state index contributed by atoms with van der Waals surface area (Å²) in [4.78, 5) is 18.1. The highest BCUT2D eigenvalue weighted by Gasteiger charge is 2.18. The number of rotatable bonds is 9. The van der Waals surface area contributed by atoms with E-state index in [1.807, 2.05) is 11.8 Å². The van der Waals surface area contributed by atoms with Crippen molar-refractivity contribution in [1.82, 2.24) is 15.5 Å². The molecule has 0 spiro atoms. The van der Waals surface area contributed by atoms with Crippen LogP contribution in [0.25, 0.3) is 0 Å². The summed E-state index contributed by atoms with van der Waals surface area (Å²) in [5.74, 6) is 0.715. The van der Waals surface area contributed by atoms with Crippen LogP contribution < -0.4 is 10.6 Å². The van der Waals surface area contributed by atoms with Crippen LogP contribution in [0.5, 0.6) is 0 Å². The van der Waals surface area contributed by atoms with Crippen molar-refractivity contribution in [3.63, 3.8) is 0 Å². The van der Waals surface area contributed by atoms with Crippen LogP contribution in [-0.4, -0.2) is 50.1 Å². The zero-order chi connectivity index (χ0) is 18.8. The van der Waals surface area contributed by atoms with Crippen molar-refractivity contribution in [2.75, 3.05) is 33.3 Å². The van der Waals surface area contributed by atoms with Gasteiger partial charge in [0.25, 0.3) is 0 Å². The van der Waals surface area contributed by atoms with Gasteiger partial charge in [-0.3, -0.25) is 4.79 Å². The van der Waals surface area contributed by atoms with E-state index in [1.165, 1.54) is 6.07 Å². The van der Waals surface area contributed by atoms with E-state index >= 15 is 0 Å². The van der Waals surface area contributed by atoms with Gasteiger partial charge in [0, 0.05) is 45.3 Å². The minimum Gasteiger partial charge on any atom is -0.380 e. The summed E-state index contributed by atoms with van der Waals surface area (Å²) in [6, 6.07) is 4.97. The zero-order valence-corrected chi connectivity index (χ0v) is 15.7. The molecule has 1 aromatic carbocycles. The second-order valence-corrected chi connectivity index (χ2v) is 6.32. The van der Waals surface area contributed by atoms with Gasteiger partial charge in [-0.1, -0.05) is 6.07 Å².